The maximum atomic E-state index is 12.0. The molecule has 25 heavy (non-hydrogen) atoms. The highest BCUT2D eigenvalue weighted by Gasteiger charge is 2.29. The fraction of sp³-hybridized carbons (Fsp3) is 0.316. The van der Waals surface area contributed by atoms with Gasteiger partial charge in [-0.25, -0.2) is 0 Å². The van der Waals surface area contributed by atoms with Gasteiger partial charge in [0, 0.05) is 7.05 Å². The number of fused-ring (bicyclic) bond motifs is 1. The minimum atomic E-state index is -0.536. The summed E-state index contributed by atoms with van der Waals surface area (Å²) >= 11 is 0. The second kappa shape index (κ2) is 7.79. The van der Waals surface area contributed by atoms with E-state index >= 15 is 0 Å². The Labute approximate surface area is 147 Å². The van der Waals surface area contributed by atoms with Gasteiger partial charge in [-0.2, -0.15) is 0 Å². The van der Waals surface area contributed by atoms with Crippen LogP contribution in [0.25, 0.3) is 0 Å². The van der Waals surface area contributed by atoms with E-state index in [1.165, 1.54) is 0 Å². The van der Waals surface area contributed by atoms with Gasteiger partial charge in [0.15, 0.2) is 17.6 Å². The molecule has 0 aliphatic carbocycles. The van der Waals surface area contributed by atoms with Gasteiger partial charge in [0.2, 0.25) is 0 Å². The van der Waals surface area contributed by atoms with Gasteiger partial charge in [0.25, 0.3) is 5.91 Å². The Morgan fingerprint density at radius 3 is 2.68 bits per heavy atom. The van der Waals surface area contributed by atoms with E-state index in [0.717, 1.165) is 5.69 Å². The lowest BCUT2D eigenvalue weighted by Crippen LogP contribution is -2.49. The van der Waals surface area contributed by atoms with E-state index in [0.29, 0.717) is 36.9 Å². The van der Waals surface area contributed by atoms with Gasteiger partial charge in [-0.1, -0.05) is 24.3 Å². The molecule has 2 aromatic rings. The fourth-order valence-corrected chi connectivity index (χ4v) is 2.82. The number of amides is 1. The summed E-state index contributed by atoms with van der Waals surface area (Å²) < 4.78 is 17.0. The van der Waals surface area contributed by atoms with E-state index in [1.54, 1.807) is 14.2 Å². The summed E-state index contributed by atoms with van der Waals surface area (Å²) in [6.07, 6.45) is -0.536. The van der Waals surface area contributed by atoms with Crippen molar-refractivity contribution >= 4 is 11.6 Å². The highest BCUT2D eigenvalue weighted by molar-refractivity contribution is 5.83. The largest absolute Gasteiger partial charge is 0.493 e. The van der Waals surface area contributed by atoms with Crippen molar-refractivity contribution in [3.05, 3.63) is 48.5 Å². The molecule has 0 saturated carbocycles. The molecular formula is C19H22N2O4. The minimum absolute atomic E-state index is 0.134. The van der Waals surface area contributed by atoms with Crippen molar-refractivity contribution in [1.82, 2.24) is 5.32 Å². The molecule has 1 aliphatic heterocycles. The number of likely N-dealkylation sites (N-methyl/N-ethyl adjacent to an activating group) is 1. The third kappa shape index (κ3) is 3.79. The summed E-state index contributed by atoms with van der Waals surface area (Å²) in [6, 6.07) is 15.3. The molecular weight excluding hydrogens is 320 g/mol. The van der Waals surface area contributed by atoms with Crippen molar-refractivity contribution in [3.63, 3.8) is 0 Å². The van der Waals surface area contributed by atoms with E-state index in [2.05, 4.69) is 10.2 Å². The first-order valence-electron chi connectivity index (χ1n) is 8.21. The highest BCUT2D eigenvalue weighted by Crippen LogP contribution is 2.33. The number of benzene rings is 2. The molecule has 0 saturated heterocycles. The molecule has 2 aromatic carbocycles. The van der Waals surface area contributed by atoms with E-state index in [-0.39, 0.29) is 5.91 Å². The zero-order valence-corrected chi connectivity index (χ0v) is 14.4. The Balaban J connectivity index is 1.69. The molecule has 6 nitrogen and oxygen atoms in total. The van der Waals surface area contributed by atoms with Gasteiger partial charge in [0.05, 0.1) is 25.9 Å². The normalized spacial score (nSPS) is 15.8. The van der Waals surface area contributed by atoms with Crippen molar-refractivity contribution in [2.75, 3.05) is 38.8 Å². The second-order valence-corrected chi connectivity index (χ2v) is 5.63. The number of nitrogens with one attached hydrogen (secondary N) is 1. The molecule has 1 N–H and O–H groups in total. The maximum absolute atomic E-state index is 12.0. The van der Waals surface area contributed by atoms with Crippen molar-refractivity contribution in [1.29, 1.82) is 0 Å². The monoisotopic (exact) mass is 342 g/mol. The third-order valence-electron chi connectivity index (χ3n) is 4.09. The molecule has 0 bridgehead atoms. The minimum Gasteiger partial charge on any atom is -0.493 e. The molecule has 3 rings (SSSR count). The molecule has 0 radical (unpaired) electrons. The van der Waals surface area contributed by atoms with Gasteiger partial charge < -0.3 is 24.4 Å². The number of nitrogens with zero attached hydrogens (tertiary/aromatic N) is 1. The number of ether oxygens (including phenoxy) is 3. The van der Waals surface area contributed by atoms with Crippen LogP contribution < -0.4 is 24.4 Å². The molecule has 0 aromatic heterocycles. The SMILES string of the molecule is CNC(=O)[C@H]1CN(CCOc2ccccc2OC)c2ccccc2O1. The first-order chi connectivity index (χ1) is 12.2. The van der Waals surface area contributed by atoms with Crippen LogP contribution in [0.1, 0.15) is 0 Å². The van der Waals surface area contributed by atoms with Crippen LogP contribution in [0, 0.1) is 0 Å². The van der Waals surface area contributed by atoms with Crippen LogP contribution in [-0.2, 0) is 4.79 Å². The number of anilines is 1. The third-order valence-corrected chi connectivity index (χ3v) is 4.09. The Morgan fingerprint density at radius 1 is 1.20 bits per heavy atom. The molecule has 132 valence electrons. The lowest BCUT2D eigenvalue weighted by atomic mass is 10.2. The van der Waals surface area contributed by atoms with Gasteiger partial charge >= 0.3 is 0 Å². The predicted molar refractivity (Wildman–Crippen MR) is 95.6 cm³/mol. The topological polar surface area (TPSA) is 60.0 Å². The predicted octanol–water partition coefficient (Wildman–Crippen LogP) is 2.09. The second-order valence-electron chi connectivity index (χ2n) is 5.63. The van der Waals surface area contributed by atoms with Gasteiger partial charge in [-0.3, -0.25) is 4.79 Å². The Morgan fingerprint density at radius 2 is 1.92 bits per heavy atom. The highest BCUT2D eigenvalue weighted by atomic mass is 16.5. The molecule has 0 fully saturated rings. The van der Waals surface area contributed by atoms with Crippen LogP contribution in [0.2, 0.25) is 0 Å². The van der Waals surface area contributed by atoms with Crippen LogP contribution >= 0.6 is 0 Å². The summed E-state index contributed by atoms with van der Waals surface area (Å²) in [5.74, 6) is 1.98. The number of carbonyl (C=O) groups is 1. The number of rotatable bonds is 6. The quantitative estimate of drug-likeness (QED) is 0.871. The number of hydrogen-bond donors (Lipinski definition) is 1. The lowest BCUT2D eigenvalue weighted by molar-refractivity contribution is -0.127. The molecule has 1 atom stereocenters. The van der Waals surface area contributed by atoms with Crippen LogP contribution in [0.4, 0.5) is 5.69 Å². The zero-order chi connectivity index (χ0) is 17.6. The summed E-state index contributed by atoms with van der Waals surface area (Å²) in [4.78, 5) is 14.1. The number of para-hydroxylation sites is 4. The Hall–Kier alpha value is -2.89. The number of carbonyl (C=O) groups excluding carboxylic acids is 1. The Bertz CT molecular complexity index is 735. The van der Waals surface area contributed by atoms with Gasteiger partial charge in [-0.05, 0) is 24.3 Å². The summed E-state index contributed by atoms with van der Waals surface area (Å²) in [7, 11) is 3.23. The molecule has 0 unspecified atom stereocenters. The molecule has 1 amide bonds. The van der Waals surface area contributed by atoms with Crippen molar-refractivity contribution in [3.8, 4) is 17.2 Å². The van der Waals surface area contributed by atoms with Gasteiger partial charge in [-0.15, -0.1) is 0 Å². The van der Waals surface area contributed by atoms with Crippen LogP contribution in [0.15, 0.2) is 48.5 Å². The van der Waals surface area contributed by atoms with Gasteiger partial charge in [0.1, 0.15) is 12.4 Å². The summed E-state index contributed by atoms with van der Waals surface area (Å²) in [6.45, 7) is 1.58. The number of methoxy groups -OCH3 is 1. The summed E-state index contributed by atoms with van der Waals surface area (Å²) in [5, 5.41) is 2.64. The van der Waals surface area contributed by atoms with E-state index in [1.807, 2.05) is 48.5 Å². The summed E-state index contributed by atoms with van der Waals surface area (Å²) in [5.41, 5.74) is 0.964. The van der Waals surface area contributed by atoms with E-state index in [9.17, 15) is 4.79 Å². The van der Waals surface area contributed by atoms with Crippen LogP contribution in [0.5, 0.6) is 17.2 Å². The molecule has 6 heteroatoms. The van der Waals surface area contributed by atoms with E-state index < -0.39 is 6.10 Å². The number of hydrogen-bond acceptors (Lipinski definition) is 5. The first-order valence-corrected chi connectivity index (χ1v) is 8.21. The van der Waals surface area contributed by atoms with Crippen molar-refractivity contribution < 1.29 is 19.0 Å². The van der Waals surface area contributed by atoms with Crippen LogP contribution in [-0.4, -0.2) is 45.9 Å². The maximum Gasteiger partial charge on any atom is 0.262 e. The first kappa shape index (κ1) is 17.0. The zero-order valence-electron chi connectivity index (χ0n) is 14.4. The van der Waals surface area contributed by atoms with Crippen molar-refractivity contribution in [2.45, 2.75) is 6.10 Å². The van der Waals surface area contributed by atoms with Crippen LogP contribution in [0.3, 0.4) is 0 Å². The average molecular weight is 342 g/mol. The Kier molecular flexibility index (Phi) is 5.28. The van der Waals surface area contributed by atoms with Crippen molar-refractivity contribution in [2.24, 2.45) is 0 Å². The average Bonchev–Trinajstić information content (AvgIpc) is 2.67. The lowest BCUT2D eigenvalue weighted by Gasteiger charge is -2.35. The molecule has 1 heterocycles. The van der Waals surface area contributed by atoms with E-state index in [4.69, 9.17) is 14.2 Å². The molecule has 1 aliphatic rings. The molecule has 0 spiro atoms. The smallest absolute Gasteiger partial charge is 0.262 e. The fourth-order valence-electron chi connectivity index (χ4n) is 2.82. The standard InChI is InChI=1S/C19H22N2O4/c1-20-19(22)18-13-21(14-7-3-4-8-15(14)25-18)11-12-24-17-10-6-5-9-16(17)23-2/h3-10,18H,11-13H2,1-2H3,(H,20,22)/t18-/m1/s1.